The number of ether oxygens (including phenoxy) is 1. The molecule has 1 aliphatic heterocycles. The Morgan fingerprint density at radius 2 is 1.80 bits per heavy atom. The molecule has 0 saturated carbocycles. The molecule has 0 spiro atoms. The summed E-state index contributed by atoms with van der Waals surface area (Å²) in [6.07, 6.45) is 1.66. The van der Waals surface area contributed by atoms with Crippen molar-refractivity contribution in [3.05, 3.63) is 60.1 Å². The van der Waals surface area contributed by atoms with E-state index in [1.54, 1.807) is 0 Å². The molecule has 0 radical (unpaired) electrons. The lowest BCUT2D eigenvalue weighted by molar-refractivity contribution is -0.141. The van der Waals surface area contributed by atoms with Crippen LogP contribution >= 0.6 is 0 Å². The third-order valence-electron chi connectivity index (χ3n) is 5.22. The van der Waals surface area contributed by atoms with Gasteiger partial charge in [-0.2, -0.15) is 0 Å². The smallest absolute Gasteiger partial charge is 0.328 e. The lowest BCUT2D eigenvalue weighted by Gasteiger charge is -2.28. The van der Waals surface area contributed by atoms with Crippen LogP contribution in [-0.4, -0.2) is 40.8 Å². The van der Waals surface area contributed by atoms with Crippen molar-refractivity contribution in [3.63, 3.8) is 0 Å². The number of nitrogens with zero attached hydrogens (tertiary/aromatic N) is 4. The number of carbonyl (C=O) groups is 1. The molecule has 156 valence electrons. The number of rotatable bonds is 3. The molecule has 6 nitrogen and oxygen atoms in total. The molecule has 6 heteroatoms. The van der Waals surface area contributed by atoms with Gasteiger partial charge in [-0.25, -0.2) is 9.78 Å². The molecule has 0 N–H and O–H groups in total. The standard InChI is InChI=1S/C24H28N4O2/c1-24(2,3)26-21-18-13-8-9-14-19(18)25-23(28(21)17-11-6-5-7-12-17)27-16-10-15-20(27)22(29)30-4/h5-9,11-14,20H,10,15-16H2,1-4H3. The highest BCUT2D eigenvalue weighted by Crippen LogP contribution is 2.28. The van der Waals surface area contributed by atoms with Gasteiger partial charge in [-0.05, 0) is 57.9 Å². The summed E-state index contributed by atoms with van der Waals surface area (Å²) in [7, 11) is 1.44. The molecule has 1 fully saturated rings. The molecule has 1 aromatic heterocycles. The molecule has 0 aliphatic carbocycles. The van der Waals surface area contributed by atoms with Crippen molar-refractivity contribution in [2.45, 2.75) is 45.2 Å². The van der Waals surface area contributed by atoms with E-state index in [-0.39, 0.29) is 17.6 Å². The van der Waals surface area contributed by atoms with Gasteiger partial charge in [0.2, 0.25) is 5.95 Å². The van der Waals surface area contributed by atoms with E-state index < -0.39 is 0 Å². The van der Waals surface area contributed by atoms with Gasteiger partial charge in [0.1, 0.15) is 11.5 Å². The van der Waals surface area contributed by atoms with E-state index in [1.165, 1.54) is 7.11 Å². The molecular formula is C24H28N4O2. The predicted molar refractivity (Wildman–Crippen MR) is 119 cm³/mol. The summed E-state index contributed by atoms with van der Waals surface area (Å²) in [6.45, 7) is 7.01. The SMILES string of the molecule is COC(=O)C1CCCN1c1nc2ccccc2c(=NC(C)(C)C)n1-c1ccccc1. The van der Waals surface area contributed by atoms with E-state index >= 15 is 0 Å². The van der Waals surface area contributed by atoms with Crippen LogP contribution in [0.1, 0.15) is 33.6 Å². The fraction of sp³-hybridized carbons (Fsp3) is 0.375. The molecule has 0 amide bonds. The molecule has 4 rings (SSSR count). The average Bonchev–Trinajstić information content (AvgIpc) is 3.22. The van der Waals surface area contributed by atoms with Crippen LogP contribution in [0.5, 0.6) is 0 Å². The van der Waals surface area contributed by atoms with Gasteiger partial charge < -0.3 is 9.64 Å². The third kappa shape index (κ3) is 3.82. The Kier molecular flexibility index (Phi) is 5.33. The molecule has 2 heterocycles. The fourth-order valence-electron chi connectivity index (χ4n) is 3.96. The fourth-order valence-corrected chi connectivity index (χ4v) is 3.96. The zero-order valence-electron chi connectivity index (χ0n) is 18.0. The van der Waals surface area contributed by atoms with Crippen LogP contribution in [0.2, 0.25) is 0 Å². The quantitative estimate of drug-likeness (QED) is 0.622. The second kappa shape index (κ2) is 7.94. The molecule has 3 aromatic rings. The number of para-hydroxylation sites is 2. The highest BCUT2D eigenvalue weighted by atomic mass is 16.5. The Bertz CT molecular complexity index is 1130. The molecule has 0 bridgehead atoms. The average molecular weight is 405 g/mol. The topological polar surface area (TPSA) is 59.7 Å². The number of benzene rings is 2. The molecule has 1 atom stereocenters. The summed E-state index contributed by atoms with van der Waals surface area (Å²) in [5.41, 5.74) is 2.37. The first-order valence-electron chi connectivity index (χ1n) is 10.4. The number of esters is 1. The summed E-state index contributed by atoms with van der Waals surface area (Å²) in [6, 6.07) is 17.8. The van der Waals surface area contributed by atoms with E-state index in [0.717, 1.165) is 47.4 Å². The minimum atomic E-state index is -0.346. The van der Waals surface area contributed by atoms with Crippen molar-refractivity contribution in [2.75, 3.05) is 18.6 Å². The van der Waals surface area contributed by atoms with Gasteiger partial charge in [-0.1, -0.05) is 30.3 Å². The summed E-state index contributed by atoms with van der Waals surface area (Å²) in [5, 5.41) is 0.980. The number of carbonyl (C=O) groups excluding carboxylic acids is 1. The Morgan fingerprint density at radius 1 is 1.10 bits per heavy atom. The second-order valence-electron chi connectivity index (χ2n) is 8.58. The summed E-state index contributed by atoms with van der Waals surface area (Å²) < 4.78 is 7.17. The zero-order chi connectivity index (χ0) is 21.3. The largest absolute Gasteiger partial charge is 0.467 e. The normalized spacial score (nSPS) is 17.5. The van der Waals surface area contributed by atoms with Crippen molar-refractivity contribution >= 4 is 22.8 Å². The number of anilines is 1. The van der Waals surface area contributed by atoms with Crippen LogP contribution in [-0.2, 0) is 9.53 Å². The van der Waals surface area contributed by atoms with Crippen molar-refractivity contribution in [2.24, 2.45) is 4.99 Å². The maximum absolute atomic E-state index is 12.5. The first-order valence-corrected chi connectivity index (χ1v) is 10.4. The Morgan fingerprint density at radius 3 is 2.50 bits per heavy atom. The van der Waals surface area contributed by atoms with Crippen LogP contribution in [0.15, 0.2) is 59.6 Å². The summed E-state index contributed by atoms with van der Waals surface area (Å²) in [5.74, 6) is 0.493. The monoisotopic (exact) mass is 404 g/mol. The highest BCUT2D eigenvalue weighted by Gasteiger charge is 2.34. The number of aromatic nitrogens is 2. The van der Waals surface area contributed by atoms with Gasteiger partial charge in [0.15, 0.2) is 0 Å². The molecule has 30 heavy (non-hydrogen) atoms. The Labute approximate surface area is 176 Å². The summed E-state index contributed by atoms with van der Waals surface area (Å²) in [4.78, 5) is 24.7. The Hall–Kier alpha value is -3.15. The van der Waals surface area contributed by atoms with E-state index in [2.05, 4.69) is 36.3 Å². The van der Waals surface area contributed by atoms with E-state index in [1.807, 2.05) is 48.5 Å². The van der Waals surface area contributed by atoms with Crippen LogP contribution in [0.4, 0.5) is 5.95 Å². The predicted octanol–water partition coefficient (Wildman–Crippen LogP) is 3.87. The zero-order valence-corrected chi connectivity index (χ0v) is 18.0. The van der Waals surface area contributed by atoms with Gasteiger partial charge in [0.05, 0.1) is 23.9 Å². The van der Waals surface area contributed by atoms with Crippen molar-refractivity contribution < 1.29 is 9.53 Å². The maximum Gasteiger partial charge on any atom is 0.328 e. The lowest BCUT2D eigenvalue weighted by atomic mass is 10.1. The number of methoxy groups -OCH3 is 1. The van der Waals surface area contributed by atoms with E-state index in [0.29, 0.717) is 0 Å². The number of fused-ring (bicyclic) bond motifs is 1. The second-order valence-corrected chi connectivity index (χ2v) is 8.58. The first kappa shape index (κ1) is 20.1. The third-order valence-corrected chi connectivity index (χ3v) is 5.22. The van der Waals surface area contributed by atoms with Crippen LogP contribution in [0, 0.1) is 0 Å². The molecule has 1 saturated heterocycles. The van der Waals surface area contributed by atoms with Crippen molar-refractivity contribution in [1.29, 1.82) is 0 Å². The Balaban J connectivity index is 2.10. The van der Waals surface area contributed by atoms with Gasteiger partial charge >= 0.3 is 5.97 Å². The lowest BCUT2D eigenvalue weighted by Crippen LogP contribution is -2.41. The van der Waals surface area contributed by atoms with Gasteiger partial charge in [-0.15, -0.1) is 0 Å². The van der Waals surface area contributed by atoms with Crippen LogP contribution < -0.4 is 10.4 Å². The van der Waals surface area contributed by atoms with Crippen molar-refractivity contribution in [1.82, 2.24) is 9.55 Å². The number of hydrogen-bond donors (Lipinski definition) is 0. The molecule has 1 aliphatic rings. The summed E-state index contributed by atoms with van der Waals surface area (Å²) >= 11 is 0. The van der Waals surface area contributed by atoms with Gasteiger partial charge in [-0.3, -0.25) is 9.56 Å². The van der Waals surface area contributed by atoms with Crippen molar-refractivity contribution in [3.8, 4) is 5.69 Å². The minimum absolute atomic E-state index is 0.226. The van der Waals surface area contributed by atoms with Crippen LogP contribution in [0.25, 0.3) is 16.6 Å². The number of hydrogen-bond acceptors (Lipinski definition) is 5. The maximum atomic E-state index is 12.5. The first-order chi connectivity index (χ1) is 14.4. The molecule has 2 aromatic carbocycles. The molecule has 1 unspecified atom stereocenters. The van der Waals surface area contributed by atoms with E-state index in [9.17, 15) is 4.79 Å². The minimum Gasteiger partial charge on any atom is -0.467 e. The van der Waals surface area contributed by atoms with Gasteiger partial charge in [0.25, 0.3) is 0 Å². The molecular weight excluding hydrogens is 376 g/mol. The van der Waals surface area contributed by atoms with Crippen LogP contribution in [0.3, 0.4) is 0 Å². The van der Waals surface area contributed by atoms with E-state index in [4.69, 9.17) is 14.7 Å². The van der Waals surface area contributed by atoms with Gasteiger partial charge in [0, 0.05) is 11.9 Å². The highest BCUT2D eigenvalue weighted by molar-refractivity contribution is 5.82.